The van der Waals surface area contributed by atoms with Gasteiger partial charge in [-0.1, -0.05) is 76.2 Å². The molecule has 3 aromatic rings. The molecule has 14 heteroatoms. The lowest BCUT2D eigenvalue weighted by molar-refractivity contribution is -0.142. The van der Waals surface area contributed by atoms with E-state index in [0.717, 1.165) is 19.0 Å². The Hall–Kier alpha value is -3.90. The molecule has 11 nitrogen and oxygen atoms in total. The Labute approximate surface area is 302 Å². The molecule has 3 rings (SSSR count). The van der Waals surface area contributed by atoms with Crippen LogP contribution in [-0.4, -0.2) is 86.7 Å². The van der Waals surface area contributed by atoms with E-state index in [1.54, 1.807) is 0 Å². The van der Waals surface area contributed by atoms with E-state index in [0.29, 0.717) is 6.54 Å². The maximum absolute atomic E-state index is 12.7. The molecule has 268 valence electrons. The van der Waals surface area contributed by atoms with Gasteiger partial charge in [-0.15, -0.1) is 0 Å². The lowest BCUT2D eigenvalue weighted by Gasteiger charge is -2.27. The molecule has 50 heavy (non-hydrogen) atoms. The Morgan fingerprint density at radius 3 is 1.82 bits per heavy atom. The molecule has 3 aromatic carbocycles. The first kappa shape index (κ1) is 40.5. The van der Waals surface area contributed by atoms with Crippen LogP contribution in [0.2, 0.25) is 0 Å². The molecule has 0 aromatic heterocycles. The zero-order chi connectivity index (χ0) is 36.2. The lowest BCUT2D eigenvalue weighted by Crippen LogP contribution is -2.49. The fraction of sp³-hybridized carbons (Fsp3) is 0.361. The van der Waals surface area contributed by atoms with Gasteiger partial charge in [0.15, 0.2) is 0 Å². The van der Waals surface area contributed by atoms with Crippen LogP contribution >= 0.6 is 28.9 Å². The highest BCUT2D eigenvalue weighted by Gasteiger charge is 2.44. The Bertz CT molecular complexity index is 1420. The number of carbonyl (C=O) groups is 5. The number of hydrogen-bond acceptors (Lipinski definition) is 10. The summed E-state index contributed by atoms with van der Waals surface area (Å²) in [7, 11) is 2.97. The maximum Gasteiger partial charge on any atom is 0.325 e. The number of rotatable bonds is 21. The lowest BCUT2D eigenvalue weighted by atomic mass is 10.1. The summed E-state index contributed by atoms with van der Waals surface area (Å²) >= 11 is 0. The maximum atomic E-state index is 12.7. The first-order valence-electron chi connectivity index (χ1n) is 16.2. The molecule has 0 aliphatic heterocycles. The molecule has 5 N–H and O–H groups in total. The van der Waals surface area contributed by atoms with Crippen molar-refractivity contribution >= 4 is 74.4 Å². The molecule has 0 aliphatic carbocycles. The van der Waals surface area contributed by atoms with Crippen molar-refractivity contribution < 1.29 is 33.4 Å². The molecular formula is C36H46N4O7PS2+. The summed E-state index contributed by atoms with van der Waals surface area (Å²) in [5.74, 6) is -2.22. The minimum atomic E-state index is -1.93. The number of nitrogens with two attached hydrogens (primary N) is 1. The largest absolute Gasteiger partial charge is 0.468 e. The SMILES string of the molecule is COC(=O)CNC(=O)C(CSSCC(=O)NCCCC[P+](c1ccccc1)(c1ccccc1)c1ccccc1)NC(=O)CCC(N)C(=O)OC. The van der Waals surface area contributed by atoms with E-state index in [1.165, 1.54) is 51.7 Å². The zero-order valence-corrected chi connectivity index (χ0v) is 30.9. The minimum Gasteiger partial charge on any atom is -0.468 e. The normalized spacial score (nSPS) is 12.2. The third-order valence-electron chi connectivity index (χ3n) is 7.81. The monoisotopic (exact) mass is 741 g/mol. The van der Waals surface area contributed by atoms with Crippen molar-refractivity contribution in [1.82, 2.24) is 16.0 Å². The minimum absolute atomic E-state index is 0.0323. The Morgan fingerprint density at radius 2 is 1.30 bits per heavy atom. The van der Waals surface area contributed by atoms with Gasteiger partial charge in [-0.2, -0.15) is 0 Å². The third-order valence-corrected chi connectivity index (χ3v) is 14.6. The number of hydrogen-bond donors (Lipinski definition) is 4. The highest BCUT2D eigenvalue weighted by molar-refractivity contribution is 8.76. The molecule has 0 radical (unpaired) electrons. The van der Waals surface area contributed by atoms with Crippen molar-refractivity contribution in [2.75, 3.05) is 45.0 Å². The predicted molar refractivity (Wildman–Crippen MR) is 203 cm³/mol. The van der Waals surface area contributed by atoms with Gasteiger partial charge in [0.2, 0.25) is 17.7 Å². The number of methoxy groups -OCH3 is 2. The van der Waals surface area contributed by atoms with Gasteiger partial charge in [-0.25, -0.2) is 0 Å². The number of amides is 3. The van der Waals surface area contributed by atoms with E-state index in [-0.39, 0.29) is 36.8 Å². The van der Waals surface area contributed by atoms with Crippen LogP contribution in [0.4, 0.5) is 0 Å². The molecule has 0 bridgehead atoms. The van der Waals surface area contributed by atoms with Gasteiger partial charge in [0.1, 0.15) is 41.8 Å². The van der Waals surface area contributed by atoms with Crippen molar-refractivity contribution in [3.05, 3.63) is 91.0 Å². The highest BCUT2D eigenvalue weighted by Crippen LogP contribution is 2.55. The predicted octanol–water partition coefficient (Wildman–Crippen LogP) is 2.31. The number of nitrogens with one attached hydrogen (secondary N) is 3. The van der Waals surface area contributed by atoms with Crippen molar-refractivity contribution in [3.8, 4) is 0 Å². The second-order valence-electron chi connectivity index (χ2n) is 11.2. The van der Waals surface area contributed by atoms with Crippen molar-refractivity contribution in [1.29, 1.82) is 0 Å². The van der Waals surface area contributed by atoms with Crippen LogP contribution in [-0.2, 0) is 33.4 Å². The first-order valence-corrected chi connectivity index (χ1v) is 20.7. The molecular weight excluding hydrogens is 696 g/mol. The number of unbranched alkanes of at least 4 members (excludes halogenated alkanes) is 1. The van der Waals surface area contributed by atoms with Crippen LogP contribution in [0.5, 0.6) is 0 Å². The number of benzene rings is 3. The fourth-order valence-electron chi connectivity index (χ4n) is 5.21. The Balaban J connectivity index is 1.50. The standard InChI is InChI=1S/C36H45N4O7PS2/c1-46-34(43)24-39-35(44)31(40-32(41)21-20-30(37)36(45)47-2)25-49-50-26-33(42)38-22-12-13-23-48(27-14-6-3-7-15-27,28-16-8-4-9-17-28)29-18-10-5-11-19-29/h3-11,14-19,30-31H,12-13,20-26,37H2,1-2H3,(H2-,38,39,40,41,42,44)/p+1. The second kappa shape index (κ2) is 22.0. The van der Waals surface area contributed by atoms with Crippen molar-refractivity contribution in [2.24, 2.45) is 5.73 Å². The van der Waals surface area contributed by atoms with Gasteiger partial charge in [-0.05, 0) is 55.7 Å². The average molecular weight is 742 g/mol. The van der Waals surface area contributed by atoms with Gasteiger partial charge in [0.05, 0.1) is 26.1 Å². The third kappa shape index (κ3) is 12.8. The van der Waals surface area contributed by atoms with Crippen LogP contribution in [0, 0.1) is 0 Å². The number of esters is 2. The average Bonchev–Trinajstić information content (AvgIpc) is 3.16. The molecule has 2 unspecified atom stereocenters. The van der Waals surface area contributed by atoms with Crippen LogP contribution in [0.25, 0.3) is 0 Å². The summed E-state index contributed by atoms with van der Waals surface area (Å²) in [4.78, 5) is 61.0. The van der Waals surface area contributed by atoms with Gasteiger partial charge in [0.25, 0.3) is 0 Å². The van der Waals surface area contributed by atoms with Crippen LogP contribution in [0.3, 0.4) is 0 Å². The van der Waals surface area contributed by atoms with E-state index in [1.807, 2.05) is 18.2 Å². The fourth-order valence-corrected chi connectivity index (χ4v) is 11.6. The van der Waals surface area contributed by atoms with Gasteiger partial charge < -0.3 is 31.2 Å². The quantitative estimate of drug-likeness (QED) is 0.0551. The summed E-state index contributed by atoms with van der Waals surface area (Å²) in [6, 6.07) is 30.1. The van der Waals surface area contributed by atoms with E-state index in [2.05, 4.69) is 98.2 Å². The topological polar surface area (TPSA) is 166 Å². The van der Waals surface area contributed by atoms with E-state index in [4.69, 9.17) is 5.73 Å². The summed E-state index contributed by atoms with van der Waals surface area (Å²) in [5, 5.41) is 12.0. The van der Waals surface area contributed by atoms with Crippen molar-refractivity contribution in [2.45, 2.75) is 37.8 Å². The Morgan fingerprint density at radius 1 is 0.740 bits per heavy atom. The summed E-state index contributed by atoms with van der Waals surface area (Å²) in [6.45, 7) is 0.172. The molecule has 0 saturated heterocycles. The Kier molecular flexibility index (Phi) is 17.9. The highest BCUT2D eigenvalue weighted by atomic mass is 33.1. The number of carbonyl (C=O) groups excluding carboxylic acids is 5. The summed E-state index contributed by atoms with van der Waals surface area (Å²) in [5.41, 5.74) is 5.70. The summed E-state index contributed by atoms with van der Waals surface area (Å²) < 4.78 is 9.13. The van der Waals surface area contributed by atoms with Crippen LogP contribution < -0.4 is 37.6 Å². The molecule has 3 amide bonds. The second-order valence-corrected chi connectivity index (χ2v) is 17.3. The number of ether oxygens (including phenoxy) is 2. The van der Waals surface area contributed by atoms with Gasteiger partial charge in [-0.3, -0.25) is 24.0 Å². The molecule has 0 fully saturated rings. The van der Waals surface area contributed by atoms with Crippen LogP contribution in [0.1, 0.15) is 25.7 Å². The molecule has 0 spiro atoms. The van der Waals surface area contributed by atoms with E-state index >= 15 is 0 Å². The zero-order valence-electron chi connectivity index (χ0n) is 28.4. The smallest absolute Gasteiger partial charge is 0.325 e. The van der Waals surface area contributed by atoms with E-state index < -0.39 is 43.1 Å². The first-order chi connectivity index (χ1) is 24.2. The van der Waals surface area contributed by atoms with Gasteiger partial charge in [0, 0.05) is 18.7 Å². The molecule has 0 heterocycles. The molecule has 0 aliphatic rings. The van der Waals surface area contributed by atoms with Crippen molar-refractivity contribution in [3.63, 3.8) is 0 Å². The van der Waals surface area contributed by atoms with Crippen LogP contribution in [0.15, 0.2) is 91.0 Å². The molecule has 2 atom stereocenters. The van der Waals surface area contributed by atoms with E-state index in [9.17, 15) is 24.0 Å². The van der Waals surface area contributed by atoms with Gasteiger partial charge >= 0.3 is 11.9 Å². The summed E-state index contributed by atoms with van der Waals surface area (Å²) in [6.07, 6.45) is 2.62. The molecule has 0 saturated carbocycles.